The third-order valence-corrected chi connectivity index (χ3v) is 4.69. The molecule has 138 valence electrons. The minimum atomic E-state index is 0.746. The fourth-order valence-corrected chi connectivity index (χ4v) is 3.11. The quantitative estimate of drug-likeness (QED) is 0.749. The van der Waals surface area contributed by atoms with E-state index in [1.807, 2.05) is 12.1 Å². The lowest BCUT2D eigenvalue weighted by Gasteiger charge is -2.35. The number of benzene rings is 1. The molecule has 7 heteroatoms. The van der Waals surface area contributed by atoms with Crippen molar-refractivity contribution >= 4 is 17.6 Å². The minimum Gasteiger partial charge on any atom is -0.366 e. The number of piperazine rings is 1. The second-order valence-electron chi connectivity index (χ2n) is 6.62. The zero-order chi connectivity index (χ0) is 18.5. The number of nitrogens with one attached hydrogen (secondary N) is 1. The molecule has 0 aliphatic carbocycles. The Morgan fingerprint density at radius 3 is 2.33 bits per heavy atom. The summed E-state index contributed by atoms with van der Waals surface area (Å²) >= 11 is 0. The average Bonchev–Trinajstić information content (AvgIpc) is 2.74. The Bertz CT molecular complexity index is 859. The summed E-state index contributed by atoms with van der Waals surface area (Å²) in [6, 6.07) is 12.4. The minimum absolute atomic E-state index is 0.746. The zero-order valence-electron chi connectivity index (χ0n) is 15.4. The SMILES string of the molecule is Cc1ccc(CNc2cc(N3CCN(c4ncccn4)CC3)ncn2)cc1. The molecule has 0 amide bonds. The number of aromatic nitrogens is 4. The normalized spacial score (nSPS) is 14.3. The van der Waals surface area contributed by atoms with Crippen LogP contribution in [-0.4, -0.2) is 46.1 Å². The molecule has 1 aliphatic rings. The van der Waals surface area contributed by atoms with Crippen molar-refractivity contribution in [1.82, 2.24) is 19.9 Å². The summed E-state index contributed by atoms with van der Waals surface area (Å²) in [7, 11) is 0. The van der Waals surface area contributed by atoms with Crippen molar-refractivity contribution in [2.24, 2.45) is 0 Å². The van der Waals surface area contributed by atoms with Crippen molar-refractivity contribution < 1.29 is 0 Å². The molecule has 1 N–H and O–H groups in total. The molecular formula is C20H23N7. The smallest absolute Gasteiger partial charge is 0.225 e. The number of rotatable bonds is 5. The standard InChI is InChI=1S/C20H23N7/c1-16-3-5-17(6-4-16)14-23-18-13-19(25-15-24-18)26-9-11-27(12-10-26)20-21-7-2-8-22-20/h2-8,13,15H,9-12,14H2,1H3,(H,23,24,25). The number of aryl methyl sites for hydroxylation is 1. The number of hydrogen-bond acceptors (Lipinski definition) is 7. The summed E-state index contributed by atoms with van der Waals surface area (Å²) in [5, 5.41) is 3.39. The second kappa shape index (κ2) is 7.99. The van der Waals surface area contributed by atoms with E-state index in [4.69, 9.17) is 0 Å². The van der Waals surface area contributed by atoms with Crippen LogP contribution in [0.25, 0.3) is 0 Å². The van der Waals surface area contributed by atoms with Gasteiger partial charge in [-0.2, -0.15) is 0 Å². The predicted octanol–water partition coefficient (Wildman–Crippen LogP) is 2.51. The van der Waals surface area contributed by atoms with E-state index in [9.17, 15) is 0 Å². The molecule has 1 aliphatic heterocycles. The van der Waals surface area contributed by atoms with Gasteiger partial charge >= 0.3 is 0 Å². The molecule has 3 heterocycles. The van der Waals surface area contributed by atoms with Gasteiger partial charge < -0.3 is 15.1 Å². The van der Waals surface area contributed by atoms with Gasteiger partial charge in [0.05, 0.1) is 0 Å². The van der Waals surface area contributed by atoms with Gasteiger partial charge in [-0.1, -0.05) is 29.8 Å². The zero-order valence-corrected chi connectivity index (χ0v) is 15.4. The monoisotopic (exact) mass is 361 g/mol. The van der Waals surface area contributed by atoms with E-state index >= 15 is 0 Å². The van der Waals surface area contributed by atoms with E-state index in [-0.39, 0.29) is 0 Å². The largest absolute Gasteiger partial charge is 0.366 e. The molecule has 0 unspecified atom stereocenters. The van der Waals surface area contributed by atoms with Crippen LogP contribution >= 0.6 is 0 Å². The lowest BCUT2D eigenvalue weighted by atomic mass is 10.1. The van der Waals surface area contributed by atoms with Crippen molar-refractivity contribution in [3.63, 3.8) is 0 Å². The van der Waals surface area contributed by atoms with Gasteiger partial charge in [-0.15, -0.1) is 0 Å². The van der Waals surface area contributed by atoms with Crippen molar-refractivity contribution in [3.8, 4) is 0 Å². The lowest BCUT2D eigenvalue weighted by Crippen LogP contribution is -2.47. The maximum Gasteiger partial charge on any atom is 0.225 e. The van der Waals surface area contributed by atoms with Crippen molar-refractivity contribution in [1.29, 1.82) is 0 Å². The summed E-state index contributed by atoms with van der Waals surface area (Å²) in [6.45, 7) is 6.35. The lowest BCUT2D eigenvalue weighted by molar-refractivity contribution is 0.634. The van der Waals surface area contributed by atoms with E-state index in [1.165, 1.54) is 11.1 Å². The van der Waals surface area contributed by atoms with Crippen molar-refractivity contribution in [2.75, 3.05) is 41.3 Å². The summed E-state index contributed by atoms with van der Waals surface area (Å²) in [5.74, 6) is 2.58. The molecule has 0 spiro atoms. The summed E-state index contributed by atoms with van der Waals surface area (Å²) in [5.41, 5.74) is 2.50. The molecule has 1 aromatic carbocycles. The first-order valence-electron chi connectivity index (χ1n) is 9.16. The first kappa shape index (κ1) is 17.2. The Morgan fingerprint density at radius 2 is 1.59 bits per heavy atom. The molecular weight excluding hydrogens is 338 g/mol. The first-order chi connectivity index (χ1) is 13.3. The van der Waals surface area contributed by atoms with Gasteiger partial charge in [0.15, 0.2) is 0 Å². The van der Waals surface area contributed by atoms with Gasteiger partial charge in [-0.25, -0.2) is 19.9 Å². The molecule has 7 nitrogen and oxygen atoms in total. The molecule has 27 heavy (non-hydrogen) atoms. The van der Waals surface area contributed by atoms with Crippen LogP contribution in [0.1, 0.15) is 11.1 Å². The van der Waals surface area contributed by atoms with Crippen LogP contribution in [0.2, 0.25) is 0 Å². The molecule has 3 aromatic rings. The van der Waals surface area contributed by atoms with Crippen LogP contribution in [-0.2, 0) is 6.54 Å². The highest BCUT2D eigenvalue weighted by molar-refractivity contribution is 5.50. The number of hydrogen-bond donors (Lipinski definition) is 1. The van der Waals surface area contributed by atoms with E-state index < -0.39 is 0 Å². The second-order valence-corrected chi connectivity index (χ2v) is 6.62. The summed E-state index contributed by atoms with van der Waals surface area (Å²) in [6.07, 6.45) is 5.19. The van der Waals surface area contributed by atoms with Crippen LogP contribution in [0.15, 0.2) is 55.1 Å². The fraction of sp³-hybridized carbons (Fsp3) is 0.300. The number of anilines is 3. The third kappa shape index (κ3) is 4.31. The highest BCUT2D eigenvalue weighted by Gasteiger charge is 2.20. The van der Waals surface area contributed by atoms with Gasteiger partial charge in [0, 0.05) is 51.2 Å². The number of nitrogens with zero attached hydrogens (tertiary/aromatic N) is 6. The first-order valence-corrected chi connectivity index (χ1v) is 9.16. The molecule has 0 atom stereocenters. The Hall–Kier alpha value is -3.22. The molecule has 4 rings (SSSR count). The van der Waals surface area contributed by atoms with Crippen LogP contribution in [0.4, 0.5) is 17.6 Å². The molecule has 0 saturated carbocycles. The highest BCUT2D eigenvalue weighted by atomic mass is 15.3. The third-order valence-electron chi connectivity index (χ3n) is 4.69. The average molecular weight is 361 g/mol. The van der Waals surface area contributed by atoms with Crippen LogP contribution in [0, 0.1) is 6.92 Å². The Balaban J connectivity index is 1.36. The summed E-state index contributed by atoms with van der Waals surface area (Å²) in [4.78, 5) is 21.9. The maximum atomic E-state index is 4.45. The molecule has 2 aromatic heterocycles. The van der Waals surface area contributed by atoms with E-state index in [0.29, 0.717) is 0 Å². The Labute approximate surface area is 159 Å². The topological polar surface area (TPSA) is 70.1 Å². The van der Waals surface area contributed by atoms with Crippen molar-refractivity contribution in [2.45, 2.75) is 13.5 Å². The van der Waals surface area contributed by atoms with Crippen LogP contribution in [0.3, 0.4) is 0 Å². The van der Waals surface area contributed by atoms with Crippen LogP contribution in [0.5, 0.6) is 0 Å². The van der Waals surface area contributed by atoms with Gasteiger partial charge in [-0.3, -0.25) is 0 Å². The Morgan fingerprint density at radius 1 is 0.889 bits per heavy atom. The highest BCUT2D eigenvalue weighted by Crippen LogP contribution is 2.18. The van der Waals surface area contributed by atoms with Crippen molar-refractivity contribution in [3.05, 3.63) is 66.2 Å². The molecule has 1 saturated heterocycles. The summed E-state index contributed by atoms with van der Waals surface area (Å²) < 4.78 is 0. The Kier molecular flexibility index (Phi) is 5.09. The van der Waals surface area contributed by atoms with Gasteiger partial charge in [0.25, 0.3) is 0 Å². The molecule has 1 fully saturated rings. The maximum absolute atomic E-state index is 4.45. The van der Waals surface area contributed by atoms with Gasteiger partial charge in [-0.05, 0) is 18.6 Å². The van der Waals surface area contributed by atoms with E-state index in [0.717, 1.165) is 50.3 Å². The molecule has 0 bridgehead atoms. The van der Waals surface area contributed by atoms with E-state index in [2.05, 4.69) is 66.2 Å². The molecule has 0 radical (unpaired) electrons. The predicted molar refractivity (Wildman–Crippen MR) is 107 cm³/mol. The van der Waals surface area contributed by atoms with Crippen LogP contribution < -0.4 is 15.1 Å². The van der Waals surface area contributed by atoms with E-state index in [1.54, 1.807) is 18.7 Å². The fourth-order valence-electron chi connectivity index (χ4n) is 3.11. The van der Waals surface area contributed by atoms with Gasteiger partial charge in [0.2, 0.25) is 5.95 Å². The van der Waals surface area contributed by atoms with Gasteiger partial charge in [0.1, 0.15) is 18.0 Å².